The number of phosphoric acid groups is 2. The molecule has 0 saturated carbocycles. The monoisotopic (exact) mass is 1350 g/mol. The lowest BCUT2D eigenvalue weighted by Gasteiger charge is -2.27. The Hall–Kier alpha value is -3.53. The van der Waals surface area contributed by atoms with Crippen LogP contribution in [0.1, 0.15) is 118 Å². The SMILES string of the molecule is C=CC.C=Cc1ccc(COC(CCC)OP(=O)([O-])OCC[NH2+]C)cc1.C=Cc1ccc(COCCCCO)cc1.C=Cc1ccc(COCCCCOP2(=O)OCCO2)cc1.CC.CN(C)C.ClCc1ccccc1.O=P1(Cl)OCCO1.OCCCCO. The highest BCUT2D eigenvalue weighted by atomic mass is 35.7. The molecule has 2 fully saturated rings. The molecule has 89 heavy (non-hydrogen) atoms. The number of alkyl halides is 1. The molecule has 5 N–H and O–H groups in total. The van der Waals surface area contributed by atoms with Crippen molar-refractivity contribution in [3.63, 3.8) is 0 Å². The Kier molecular flexibility index (Phi) is 62.4. The first-order chi connectivity index (χ1) is 42.8. The van der Waals surface area contributed by atoms with Gasteiger partial charge in [-0.1, -0.05) is 174 Å². The molecule has 0 bridgehead atoms. The molecule has 0 aliphatic carbocycles. The van der Waals surface area contributed by atoms with Crippen LogP contribution in [-0.2, 0) is 85.3 Å². The second kappa shape index (κ2) is 61.9. The van der Waals surface area contributed by atoms with E-state index in [0.29, 0.717) is 78.3 Å². The third-order valence-corrected chi connectivity index (χ3v) is 14.8. The van der Waals surface area contributed by atoms with E-state index >= 15 is 0 Å². The number of likely N-dealkylation sites (N-methyl/N-ethyl adjacent to an activating group) is 1. The van der Waals surface area contributed by atoms with Crippen molar-refractivity contribution < 1.29 is 85.1 Å². The van der Waals surface area contributed by atoms with E-state index in [9.17, 15) is 18.6 Å². The predicted molar refractivity (Wildman–Crippen MR) is 362 cm³/mol. The number of rotatable bonds is 32. The number of hydrogen-bond acceptors (Lipinski definition) is 18. The third kappa shape index (κ3) is 56.9. The lowest BCUT2D eigenvalue weighted by Crippen LogP contribution is -2.80. The minimum absolute atomic E-state index is 0.0825. The highest BCUT2D eigenvalue weighted by Gasteiger charge is 2.31. The van der Waals surface area contributed by atoms with Gasteiger partial charge in [0.1, 0.15) is 6.61 Å². The molecule has 508 valence electrons. The van der Waals surface area contributed by atoms with Crippen molar-refractivity contribution in [1.29, 1.82) is 0 Å². The molecule has 6 rings (SSSR count). The summed E-state index contributed by atoms with van der Waals surface area (Å²) in [6.45, 7) is 25.1. The zero-order valence-electron chi connectivity index (χ0n) is 54.2. The minimum atomic E-state index is -4.35. The van der Waals surface area contributed by atoms with Gasteiger partial charge in [0.15, 0.2) is 6.29 Å². The van der Waals surface area contributed by atoms with Crippen molar-refractivity contribution in [2.24, 2.45) is 0 Å². The maximum absolute atomic E-state index is 11.8. The number of phosphoric ester groups is 2. The molecule has 2 aliphatic heterocycles. The van der Waals surface area contributed by atoms with Gasteiger partial charge in [-0.05, 0) is 112 Å². The first-order valence-electron chi connectivity index (χ1n) is 29.8. The molecule has 2 saturated heterocycles. The molecule has 19 nitrogen and oxygen atoms in total. The largest absolute Gasteiger partial charge is 0.756 e. The molecule has 2 heterocycles. The maximum atomic E-state index is 11.8. The van der Waals surface area contributed by atoms with Crippen LogP contribution in [0.2, 0.25) is 0 Å². The highest BCUT2D eigenvalue weighted by molar-refractivity contribution is 7.81. The summed E-state index contributed by atoms with van der Waals surface area (Å²) in [5.41, 5.74) is 7.65. The fourth-order valence-corrected chi connectivity index (χ4v) is 9.28. The molecule has 24 heteroatoms. The summed E-state index contributed by atoms with van der Waals surface area (Å²) in [7, 11) is 0.253. The van der Waals surface area contributed by atoms with Gasteiger partial charge in [-0.25, -0.2) is 9.13 Å². The first kappa shape index (κ1) is 89.7. The number of ether oxygens (including phenoxy) is 3. The summed E-state index contributed by atoms with van der Waals surface area (Å²) in [4.78, 5) is 13.8. The lowest BCUT2D eigenvalue weighted by atomic mass is 10.1. The van der Waals surface area contributed by atoms with Crippen molar-refractivity contribution in [3.05, 3.63) is 174 Å². The van der Waals surface area contributed by atoms with Crippen LogP contribution in [0, 0.1) is 0 Å². The van der Waals surface area contributed by atoms with Gasteiger partial charge in [-0.3, -0.25) is 31.7 Å². The van der Waals surface area contributed by atoms with Gasteiger partial charge in [0.05, 0.1) is 66.4 Å². The van der Waals surface area contributed by atoms with E-state index in [2.05, 4.69) is 35.4 Å². The Morgan fingerprint density at radius 2 is 1.02 bits per heavy atom. The molecule has 0 aromatic heterocycles. The Morgan fingerprint density at radius 3 is 1.37 bits per heavy atom. The number of aliphatic hydroxyl groups is 3. The summed E-state index contributed by atoms with van der Waals surface area (Å²) in [6, 6.07) is 33.8. The fourth-order valence-electron chi connectivity index (χ4n) is 6.01. The summed E-state index contributed by atoms with van der Waals surface area (Å²) >= 11 is 10.6. The maximum Gasteiger partial charge on any atom is 0.474 e. The Morgan fingerprint density at radius 1 is 0.640 bits per heavy atom. The zero-order valence-corrected chi connectivity index (χ0v) is 58.4. The van der Waals surface area contributed by atoms with E-state index in [1.165, 1.54) is 11.1 Å². The molecule has 0 radical (unpaired) electrons. The van der Waals surface area contributed by atoms with E-state index in [-0.39, 0.29) is 33.0 Å². The lowest BCUT2D eigenvalue weighted by molar-refractivity contribution is -0.628. The van der Waals surface area contributed by atoms with E-state index in [0.717, 1.165) is 72.8 Å². The predicted octanol–water partition coefficient (Wildman–Crippen LogP) is 14.0. The molecule has 0 spiro atoms. The van der Waals surface area contributed by atoms with Crippen LogP contribution < -0.4 is 10.2 Å². The summed E-state index contributed by atoms with van der Waals surface area (Å²) in [5, 5.41) is 26.6. The van der Waals surface area contributed by atoms with Gasteiger partial charge < -0.3 is 49.2 Å². The zero-order chi connectivity index (χ0) is 67.3. The second-order valence-corrected chi connectivity index (χ2v) is 24.7. The molecule has 2 unspecified atom stereocenters. The average molecular weight is 1350 g/mol. The van der Waals surface area contributed by atoms with Crippen LogP contribution in [0.4, 0.5) is 0 Å². The molecular weight excluding hydrogens is 1240 g/mol. The minimum Gasteiger partial charge on any atom is -0.756 e. The van der Waals surface area contributed by atoms with Crippen molar-refractivity contribution >= 4 is 63.7 Å². The van der Waals surface area contributed by atoms with Crippen LogP contribution in [0.3, 0.4) is 0 Å². The summed E-state index contributed by atoms with van der Waals surface area (Å²) in [5.74, 6) is 0.612. The Bertz CT molecular complexity index is 2390. The Labute approximate surface area is 543 Å². The topological polar surface area (TPSA) is 247 Å². The molecule has 0 amide bonds. The van der Waals surface area contributed by atoms with Gasteiger partial charge in [0, 0.05) is 50.2 Å². The van der Waals surface area contributed by atoms with Crippen LogP contribution in [-0.4, -0.2) is 134 Å². The normalized spacial score (nSPS) is 13.9. The van der Waals surface area contributed by atoms with E-state index in [4.69, 9.17) is 75.0 Å². The highest BCUT2D eigenvalue weighted by Crippen LogP contribution is 2.56. The summed E-state index contributed by atoms with van der Waals surface area (Å²) < 4.78 is 84.0. The van der Waals surface area contributed by atoms with Gasteiger partial charge in [-0.15, -0.1) is 18.2 Å². The van der Waals surface area contributed by atoms with Gasteiger partial charge in [-0.2, -0.15) is 0 Å². The first-order valence-corrected chi connectivity index (χ1v) is 35.8. The van der Waals surface area contributed by atoms with E-state index in [1.807, 2.05) is 181 Å². The van der Waals surface area contributed by atoms with Crippen molar-refractivity contribution in [1.82, 2.24) is 4.90 Å². The number of nitrogens with zero attached hydrogens (tertiary/aromatic N) is 1. The molecule has 2 aliphatic rings. The van der Waals surface area contributed by atoms with E-state index in [1.54, 1.807) is 12.2 Å². The van der Waals surface area contributed by atoms with Crippen LogP contribution in [0.25, 0.3) is 18.2 Å². The quantitative estimate of drug-likeness (QED) is 0.0117. The van der Waals surface area contributed by atoms with Gasteiger partial charge in [0.2, 0.25) is 0 Å². The standard InChI is InChI=1S/C16H26NO5P.C15H21O5P.C13H18O2.C7H7Cl.C4H10O2.C3H9N.C3H6.C2H4ClO3P.C2H6/c1-4-6-16(22-23(18,19)21-12-11-17-3)20-13-15-9-7-14(5-2)8-10-15;1-2-14-5-7-15(8-6-14)13-17-9-3-4-10-18-21(16)19-11-12-20-21;1-2-12-5-7-13(8-6-12)11-15-10-4-3-9-14;8-6-7-4-2-1-3-5-7;5-3-1-2-4-6;1-4(2)3;1-3-2;3-7(4)5-1-2-6-7;1-2/h5,7-10,16-17H,2,4,6,11-13H2,1,3H3,(H,18,19);2,5-8H,1,3-4,9-13H2;2,5-8,14H,1,3-4,9-11H2;1-5H,6H2;5-6H,1-4H2;1-3H3;3H,1H2,2H3;1-2H2;1-2H3. The second-order valence-electron chi connectivity index (χ2n) is 18.8. The molecular formula is C65H107Cl2N2O17P3. The average Bonchev–Trinajstić information content (AvgIpc) is 4.05. The summed E-state index contributed by atoms with van der Waals surface area (Å²) in [6.07, 6.45) is 12.3. The van der Waals surface area contributed by atoms with Crippen LogP contribution in [0.5, 0.6) is 0 Å². The van der Waals surface area contributed by atoms with Crippen molar-refractivity contribution in [2.45, 2.75) is 111 Å². The molecule has 4 aromatic rings. The number of allylic oxidation sites excluding steroid dienone is 1. The number of nitrogens with two attached hydrogens (primary N) is 1. The number of benzene rings is 4. The third-order valence-electron chi connectivity index (χ3n) is 10.4. The molecule has 2 atom stereocenters. The molecule has 4 aromatic carbocycles. The van der Waals surface area contributed by atoms with Gasteiger partial charge in [0.25, 0.3) is 7.82 Å². The smallest absolute Gasteiger partial charge is 0.474 e. The number of aliphatic hydroxyl groups excluding tert-OH is 3. The number of halogens is 2. The number of hydrogen-bond donors (Lipinski definition) is 4. The fraction of sp³-hybridized carbons (Fsp3) is 0.508. The van der Waals surface area contributed by atoms with Crippen LogP contribution in [0.15, 0.2) is 136 Å². The Balaban J connectivity index is -0.00000102. The van der Waals surface area contributed by atoms with Crippen molar-refractivity contribution in [3.8, 4) is 0 Å². The van der Waals surface area contributed by atoms with Crippen molar-refractivity contribution in [2.75, 3.05) is 107 Å². The number of unbranched alkanes of at least 4 members (excludes halogenated alkanes) is 3. The number of quaternary nitrogens is 1. The van der Waals surface area contributed by atoms with Gasteiger partial charge >= 0.3 is 14.8 Å². The van der Waals surface area contributed by atoms with Crippen LogP contribution >= 0.6 is 45.4 Å². The van der Waals surface area contributed by atoms with E-state index < -0.39 is 28.9 Å².